The van der Waals surface area contributed by atoms with E-state index in [0.29, 0.717) is 5.56 Å². The Bertz CT molecular complexity index is 1500. The zero-order chi connectivity index (χ0) is 25.6. The van der Waals surface area contributed by atoms with Crippen LogP contribution in [0.25, 0.3) is 28.3 Å². The van der Waals surface area contributed by atoms with Crippen molar-refractivity contribution in [1.29, 1.82) is 5.26 Å². The fourth-order valence-corrected chi connectivity index (χ4v) is 6.45. The highest BCUT2D eigenvalue weighted by atomic mass is 15.3. The maximum atomic E-state index is 9.16. The van der Waals surface area contributed by atoms with Crippen molar-refractivity contribution in [3.05, 3.63) is 72.2 Å². The van der Waals surface area contributed by atoms with E-state index in [1.807, 2.05) is 30.6 Å². The van der Waals surface area contributed by atoms with Gasteiger partial charge in [-0.25, -0.2) is 0 Å². The summed E-state index contributed by atoms with van der Waals surface area (Å²) in [5.74, 6) is 2.49. The molecule has 4 aromatic rings. The summed E-state index contributed by atoms with van der Waals surface area (Å²) in [6, 6.07) is 19.0. The molecular formula is C31H33N7. The van der Waals surface area contributed by atoms with Gasteiger partial charge in [0.25, 0.3) is 0 Å². The molecule has 0 N–H and O–H groups in total. The minimum Gasteiger partial charge on any atom is -0.371 e. The third-order valence-electron chi connectivity index (χ3n) is 8.73. The maximum absolute atomic E-state index is 9.16. The van der Waals surface area contributed by atoms with Gasteiger partial charge < -0.3 is 14.4 Å². The van der Waals surface area contributed by atoms with Crippen molar-refractivity contribution in [3.63, 3.8) is 0 Å². The fraction of sp³-hybridized carbons (Fsp3) is 0.387. The van der Waals surface area contributed by atoms with E-state index in [0.717, 1.165) is 59.8 Å². The van der Waals surface area contributed by atoms with Crippen LogP contribution in [0.4, 0.5) is 5.69 Å². The minimum absolute atomic E-state index is 0.672. The summed E-state index contributed by atoms with van der Waals surface area (Å²) in [6.07, 6.45) is 7.99. The summed E-state index contributed by atoms with van der Waals surface area (Å²) >= 11 is 0. The van der Waals surface area contributed by atoms with Gasteiger partial charge in [0, 0.05) is 43.6 Å². The second kappa shape index (κ2) is 9.45. The van der Waals surface area contributed by atoms with Gasteiger partial charge in [0.05, 0.1) is 23.0 Å². The van der Waals surface area contributed by atoms with Crippen LogP contribution in [0.3, 0.4) is 0 Å². The third-order valence-corrected chi connectivity index (χ3v) is 8.73. The SMILES string of the molecule is CC1CCN(C[C@H]2CCN(c3ccc4c(c3)Cn3cc(-c5ccc(C#N)cc5)cc3-c3nncn3-4)C2)CC1. The molecule has 3 aliphatic rings. The molecule has 0 spiro atoms. The highest BCUT2D eigenvalue weighted by Gasteiger charge is 2.28. The van der Waals surface area contributed by atoms with E-state index in [1.54, 1.807) is 0 Å². The third kappa shape index (κ3) is 4.19. The van der Waals surface area contributed by atoms with E-state index in [2.05, 4.69) is 72.6 Å². The predicted octanol–water partition coefficient (Wildman–Crippen LogP) is 5.19. The van der Waals surface area contributed by atoms with Gasteiger partial charge >= 0.3 is 0 Å². The summed E-state index contributed by atoms with van der Waals surface area (Å²) in [5, 5.41) is 17.9. The topological polar surface area (TPSA) is 65.9 Å². The lowest BCUT2D eigenvalue weighted by molar-refractivity contribution is 0.171. The highest BCUT2D eigenvalue weighted by Crippen LogP contribution is 2.36. The Morgan fingerprint density at radius 2 is 1.82 bits per heavy atom. The summed E-state index contributed by atoms with van der Waals surface area (Å²) < 4.78 is 4.40. The molecule has 0 amide bonds. The molecule has 2 saturated heterocycles. The molecule has 192 valence electrons. The van der Waals surface area contributed by atoms with Crippen LogP contribution in [0.2, 0.25) is 0 Å². The van der Waals surface area contributed by atoms with E-state index in [4.69, 9.17) is 5.26 Å². The predicted molar refractivity (Wildman–Crippen MR) is 149 cm³/mol. The van der Waals surface area contributed by atoms with Crippen LogP contribution in [0.5, 0.6) is 0 Å². The molecule has 0 saturated carbocycles. The number of rotatable bonds is 4. The molecule has 3 aliphatic heterocycles. The van der Waals surface area contributed by atoms with Crippen LogP contribution in [-0.2, 0) is 6.54 Å². The first-order chi connectivity index (χ1) is 18.6. The Labute approximate surface area is 223 Å². The van der Waals surface area contributed by atoms with Crippen molar-refractivity contribution in [2.75, 3.05) is 37.6 Å². The van der Waals surface area contributed by atoms with Gasteiger partial charge in [-0.1, -0.05) is 19.1 Å². The Hall–Kier alpha value is -3.89. The quantitative estimate of drug-likeness (QED) is 0.338. The largest absolute Gasteiger partial charge is 0.371 e. The molecule has 38 heavy (non-hydrogen) atoms. The Morgan fingerprint density at radius 3 is 2.63 bits per heavy atom. The average molecular weight is 504 g/mol. The van der Waals surface area contributed by atoms with Crippen molar-refractivity contribution in [2.45, 2.75) is 32.7 Å². The first-order valence-electron chi connectivity index (χ1n) is 13.9. The summed E-state index contributed by atoms with van der Waals surface area (Å²) in [7, 11) is 0. The van der Waals surface area contributed by atoms with E-state index in [9.17, 15) is 0 Å². The maximum Gasteiger partial charge on any atom is 0.185 e. The molecule has 2 aromatic carbocycles. The molecule has 7 nitrogen and oxygen atoms in total. The van der Waals surface area contributed by atoms with E-state index >= 15 is 0 Å². The standard InChI is InChI=1S/C31H33N7/c1-22-8-11-35(12-9-22)17-24-10-13-36(18-24)28-6-7-29-27(14-28)20-37-19-26(25-4-2-23(16-32)3-5-25)15-30(37)31-34-33-21-38(29)31/h2-7,14-15,19,21-22,24H,8-13,17-18,20H2,1H3/t24-/m1/s1. The molecule has 0 unspecified atom stereocenters. The van der Waals surface area contributed by atoms with Crippen LogP contribution < -0.4 is 4.90 Å². The second-order valence-electron chi connectivity index (χ2n) is 11.4. The molecule has 2 fully saturated rings. The highest BCUT2D eigenvalue weighted by molar-refractivity contribution is 5.72. The zero-order valence-electron chi connectivity index (χ0n) is 21.9. The molecule has 7 rings (SSSR count). The number of aromatic nitrogens is 4. The Morgan fingerprint density at radius 1 is 0.974 bits per heavy atom. The van der Waals surface area contributed by atoms with Crippen molar-refractivity contribution >= 4 is 5.69 Å². The Balaban J connectivity index is 1.15. The number of likely N-dealkylation sites (tertiary alicyclic amines) is 1. The van der Waals surface area contributed by atoms with Crippen LogP contribution >= 0.6 is 0 Å². The van der Waals surface area contributed by atoms with Gasteiger partial charge in [0.15, 0.2) is 5.82 Å². The minimum atomic E-state index is 0.672. The number of hydrogen-bond donors (Lipinski definition) is 0. The van der Waals surface area contributed by atoms with Crippen molar-refractivity contribution < 1.29 is 0 Å². The molecule has 5 heterocycles. The molecular weight excluding hydrogens is 470 g/mol. The van der Waals surface area contributed by atoms with Gasteiger partial charge in [-0.2, -0.15) is 5.26 Å². The lowest BCUT2D eigenvalue weighted by Gasteiger charge is -2.32. The van der Waals surface area contributed by atoms with Crippen molar-refractivity contribution in [3.8, 4) is 34.4 Å². The van der Waals surface area contributed by atoms with Gasteiger partial charge in [-0.05, 0) is 91.7 Å². The number of nitriles is 1. The molecule has 1 atom stereocenters. The van der Waals surface area contributed by atoms with Crippen LogP contribution in [0.15, 0.2) is 61.1 Å². The second-order valence-corrected chi connectivity index (χ2v) is 11.4. The van der Waals surface area contributed by atoms with E-state index < -0.39 is 0 Å². The molecule has 0 radical (unpaired) electrons. The molecule has 2 aromatic heterocycles. The van der Waals surface area contributed by atoms with E-state index in [1.165, 1.54) is 50.1 Å². The monoisotopic (exact) mass is 503 g/mol. The van der Waals surface area contributed by atoms with Crippen LogP contribution in [-0.4, -0.2) is 57.0 Å². The van der Waals surface area contributed by atoms with E-state index in [-0.39, 0.29) is 0 Å². The number of nitrogens with zero attached hydrogens (tertiary/aromatic N) is 7. The first-order valence-corrected chi connectivity index (χ1v) is 13.9. The average Bonchev–Trinajstić information content (AvgIpc) is 3.69. The number of hydrogen-bond acceptors (Lipinski definition) is 5. The first kappa shape index (κ1) is 23.2. The number of fused-ring (bicyclic) bond motifs is 5. The molecule has 0 aliphatic carbocycles. The van der Waals surface area contributed by atoms with Crippen molar-refractivity contribution in [2.24, 2.45) is 11.8 Å². The van der Waals surface area contributed by atoms with Crippen molar-refractivity contribution in [1.82, 2.24) is 24.2 Å². The van der Waals surface area contributed by atoms with Crippen LogP contribution in [0, 0.1) is 23.2 Å². The lowest BCUT2D eigenvalue weighted by Crippen LogP contribution is -2.37. The summed E-state index contributed by atoms with van der Waals surface area (Å²) in [5.41, 5.74) is 7.68. The Kier molecular flexibility index (Phi) is 5.78. The fourth-order valence-electron chi connectivity index (χ4n) is 6.45. The lowest BCUT2D eigenvalue weighted by atomic mass is 9.98. The number of benzene rings is 2. The summed E-state index contributed by atoms with van der Waals surface area (Å²) in [6.45, 7) is 9.21. The number of anilines is 1. The van der Waals surface area contributed by atoms with Crippen LogP contribution in [0.1, 0.15) is 37.3 Å². The summed E-state index contributed by atoms with van der Waals surface area (Å²) in [4.78, 5) is 5.27. The van der Waals surface area contributed by atoms with Gasteiger partial charge in [-0.3, -0.25) is 4.57 Å². The molecule has 0 bridgehead atoms. The van der Waals surface area contributed by atoms with Gasteiger partial charge in [0.2, 0.25) is 0 Å². The number of piperidine rings is 1. The van der Waals surface area contributed by atoms with Gasteiger partial charge in [-0.15, -0.1) is 10.2 Å². The zero-order valence-corrected chi connectivity index (χ0v) is 21.9. The van der Waals surface area contributed by atoms with Gasteiger partial charge in [0.1, 0.15) is 6.33 Å². The smallest absolute Gasteiger partial charge is 0.185 e. The molecule has 7 heteroatoms. The normalized spacial score (nSPS) is 19.5.